The van der Waals surface area contributed by atoms with Gasteiger partial charge in [0.05, 0.1) is 6.10 Å². The summed E-state index contributed by atoms with van der Waals surface area (Å²) in [5, 5.41) is 5.60. The van der Waals surface area contributed by atoms with Crippen LogP contribution < -0.4 is 16.4 Å². The first-order chi connectivity index (χ1) is 10.6. The fourth-order valence-corrected chi connectivity index (χ4v) is 2.41. The highest BCUT2D eigenvalue weighted by Gasteiger charge is 2.29. The van der Waals surface area contributed by atoms with E-state index in [1.54, 1.807) is 12.1 Å². The van der Waals surface area contributed by atoms with E-state index in [0.717, 1.165) is 12.0 Å². The van der Waals surface area contributed by atoms with E-state index in [-0.39, 0.29) is 30.3 Å². The second kappa shape index (κ2) is 9.50. The third-order valence-electron chi connectivity index (χ3n) is 3.68. The molecule has 23 heavy (non-hydrogen) atoms. The largest absolute Gasteiger partial charge is 0.364 e. The normalized spacial score (nSPS) is 19.7. The molecule has 0 radical (unpaired) electrons. The van der Waals surface area contributed by atoms with Crippen molar-refractivity contribution in [1.29, 1.82) is 0 Å². The van der Waals surface area contributed by atoms with Crippen molar-refractivity contribution in [2.45, 2.75) is 38.5 Å². The van der Waals surface area contributed by atoms with E-state index in [1.165, 1.54) is 0 Å². The maximum absolute atomic E-state index is 12.0. The maximum atomic E-state index is 12.0. The highest BCUT2D eigenvalue weighted by Crippen LogP contribution is 2.19. The fourth-order valence-electron chi connectivity index (χ4n) is 2.41. The van der Waals surface area contributed by atoms with Crippen LogP contribution >= 0.6 is 12.4 Å². The number of benzene rings is 1. The number of ether oxygens (including phenoxy) is 1. The van der Waals surface area contributed by atoms with Crippen LogP contribution in [0.15, 0.2) is 24.3 Å². The van der Waals surface area contributed by atoms with E-state index in [4.69, 9.17) is 10.5 Å². The molecule has 7 heteroatoms. The smallest absolute Gasteiger partial charge is 0.251 e. The summed E-state index contributed by atoms with van der Waals surface area (Å²) in [6.45, 7) is 3.34. The van der Waals surface area contributed by atoms with E-state index in [1.807, 2.05) is 19.1 Å². The first-order valence-corrected chi connectivity index (χ1v) is 7.64. The van der Waals surface area contributed by atoms with E-state index in [9.17, 15) is 9.59 Å². The van der Waals surface area contributed by atoms with Crippen LogP contribution in [0.25, 0.3) is 0 Å². The van der Waals surface area contributed by atoms with Crippen molar-refractivity contribution in [3.05, 3.63) is 35.4 Å². The first kappa shape index (κ1) is 19.4. The van der Waals surface area contributed by atoms with Crippen molar-refractivity contribution in [3.8, 4) is 0 Å². The molecular weight excluding hydrogens is 318 g/mol. The second-order valence-corrected chi connectivity index (χ2v) is 5.33. The minimum absolute atomic E-state index is 0. The Morgan fingerprint density at radius 1 is 1.22 bits per heavy atom. The van der Waals surface area contributed by atoms with Crippen LogP contribution in [0, 0.1) is 0 Å². The minimum Gasteiger partial charge on any atom is -0.364 e. The summed E-state index contributed by atoms with van der Waals surface area (Å²) in [6.07, 6.45) is 1.13. The summed E-state index contributed by atoms with van der Waals surface area (Å²) in [5.74, 6) is -0.200. The van der Waals surface area contributed by atoms with Crippen LogP contribution in [0.1, 0.15) is 35.7 Å². The number of hydrogen-bond acceptors (Lipinski definition) is 4. The Morgan fingerprint density at radius 3 is 2.48 bits per heavy atom. The lowest BCUT2D eigenvalue weighted by atomic mass is 10.1. The molecule has 2 rings (SSSR count). The fraction of sp³-hybridized carbons (Fsp3) is 0.500. The zero-order valence-corrected chi connectivity index (χ0v) is 14.0. The monoisotopic (exact) mass is 341 g/mol. The quantitative estimate of drug-likeness (QED) is 0.719. The lowest BCUT2D eigenvalue weighted by molar-refractivity contribution is -0.132. The molecule has 1 aromatic carbocycles. The highest BCUT2D eigenvalue weighted by molar-refractivity contribution is 5.94. The molecule has 1 aliphatic heterocycles. The van der Waals surface area contributed by atoms with Crippen LogP contribution in [0.5, 0.6) is 0 Å². The molecule has 0 bridgehead atoms. The van der Waals surface area contributed by atoms with Gasteiger partial charge in [0.15, 0.2) is 0 Å². The van der Waals surface area contributed by atoms with E-state index >= 15 is 0 Å². The van der Waals surface area contributed by atoms with Gasteiger partial charge in [0.2, 0.25) is 5.91 Å². The number of carbonyl (C=O) groups is 2. The molecule has 2 atom stereocenters. The molecule has 0 aromatic heterocycles. The Bertz CT molecular complexity index is 522. The van der Waals surface area contributed by atoms with Crippen LogP contribution in [0.3, 0.4) is 0 Å². The van der Waals surface area contributed by atoms with Gasteiger partial charge in [0.25, 0.3) is 5.91 Å². The topological polar surface area (TPSA) is 93.5 Å². The standard InChI is InChI=1S/C16H23N3O3.ClH/c1-2-18-15(20)12-5-3-11(4-6-12)10-19-16(21)14-8-7-13(9-17)22-14;/h3-6,13-14H,2,7-10,17H2,1H3,(H,18,20)(H,19,21);1H/t13-,14+;/m1./s1. The Hall–Kier alpha value is -1.63. The van der Waals surface area contributed by atoms with Crippen LogP contribution in [-0.2, 0) is 16.1 Å². The molecular formula is C16H24ClN3O3. The Labute approximate surface area is 142 Å². The number of amides is 2. The van der Waals surface area contributed by atoms with Crippen molar-refractivity contribution in [3.63, 3.8) is 0 Å². The van der Waals surface area contributed by atoms with Crippen LogP contribution in [-0.4, -0.2) is 37.1 Å². The second-order valence-electron chi connectivity index (χ2n) is 5.33. The zero-order chi connectivity index (χ0) is 15.9. The predicted octanol–water partition coefficient (Wildman–Crippen LogP) is 0.981. The van der Waals surface area contributed by atoms with Crippen molar-refractivity contribution < 1.29 is 14.3 Å². The predicted molar refractivity (Wildman–Crippen MR) is 90.5 cm³/mol. The van der Waals surface area contributed by atoms with Gasteiger partial charge in [-0.1, -0.05) is 12.1 Å². The van der Waals surface area contributed by atoms with Gasteiger partial charge in [0, 0.05) is 25.2 Å². The molecule has 1 saturated heterocycles. The molecule has 1 aromatic rings. The van der Waals surface area contributed by atoms with E-state index < -0.39 is 6.10 Å². The average molecular weight is 342 g/mol. The molecule has 4 N–H and O–H groups in total. The molecule has 0 aliphatic carbocycles. The Kier molecular flexibility index (Phi) is 8.02. The van der Waals surface area contributed by atoms with Gasteiger partial charge in [0.1, 0.15) is 6.10 Å². The summed E-state index contributed by atoms with van der Waals surface area (Å²) in [5.41, 5.74) is 7.08. The van der Waals surface area contributed by atoms with Crippen molar-refractivity contribution in [1.82, 2.24) is 10.6 Å². The van der Waals surface area contributed by atoms with Crippen LogP contribution in [0.2, 0.25) is 0 Å². The molecule has 0 saturated carbocycles. The molecule has 1 heterocycles. The number of rotatable bonds is 6. The van der Waals surface area contributed by atoms with Crippen LogP contribution in [0.4, 0.5) is 0 Å². The van der Waals surface area contributed by atoms with Gasteiger partial charge < -0.3 is 21.1 Å². The number of nitrogens with one attached hydrogen (secondary N) is 2. The van der Waals surface area contributed by atoms with Gasteiger partial charge in [-0.15, -0.1) is 12.4 Å². The van der Waals surface area contributed by atoms with Crippen molar-refractivity contribution in [2.24, 2.45) is 5.73 Å². The van der Waals surface area contributed by atoms with Gasteiger partial charge >= 0.3 is 0 Å². The summed E-state index contributed by atoms with van der Waals surface area (Å²) >= 11 is 0. The molecule has 0 spiro atoms. The minimum atomic E-state index is -0.400. The molecule has 1 fully saturated rings. The Morgan fingerprint density at radius 2 is 1.91 bits per heavy atom. The van der Waals surface area contributed by atoms with Gasteiger partial charge in [-0.3, -0.25) is 9.59 Å². The lowest BCUT2D eigenvalue weighted by Gasteiger charge is -2.13. The SMILES string of the molecule is CCNC(=O)c1ccc(CNC(=O)[C@@H]2CC[C@H](CN)O2)cc1.Cl. The molecule has 2 amide bonds. The van der Waals surface area contributed by atoms with Crippen molar-refractivity contribution in [2.75, 3.05) is 13.1 Å². The number of nitrogens with two attached hydrogens (primary N) is 1. The summed E-state index contributed by atoms with van der Waals surface area (Å²) in [6, 6.07) is 7.18. The molecule has 1 aliphatic rings. The lowest BCUT2D eigenvalue weighted by Crippen LogP contribution is -2.35. The zero-order valence-electron chi connectivity index (χ0n) is 13.2. The number of halogens is 1. The maximum Gasteiger partial charge on any atom is 0.251 e. The van der Waals surface area contributed by atoms with Gasteiger partial charge in [-0.25, -0.2) is 0 Å². The van der Waals surface area contributed by atoms with Gasteiger partial charge in [-0.05, 0) is 37.5 Å². The van der Waals surface area contributed by atoms with Gasteiger partial charge in [-0.2, -0.15) is 0 Å². The van der Waals surface area contributed by atoms with E-state index in [2.05, 4.69) is 10.6 Å². The van der Waals surface area contributed by atoms with E-state index in [0.29, 0.717) is 31.6 Å². The molecule has 6 nitrogen and oxygen atoms in total. The summed E-state index contributed by atoms with van der Waals surface area (Å²) < 4.78 is 5.55. The first-order valence-electron chi connectivity index (χ1n) is 7.64. The summed E-state index contributed by atoms with van der Waals surface area (Å²) in [7, 11) is 0. The third-order valence-corrected chi connectivity index (χ3v) is 3.68. The number of carbonyl (C=O) groups excluding carboxylic acids is 2. The number of hydrogen-bond donors (Lipinski definition) is 3. The average Bonchev–Trinajstić information content (AvgIpc) is 3.02. The molecule has 0 unspecified atom stereocenters. The summed E-state index contributed by atoms with van der Waals surface area (Å²) in [4.78, 5) is 23.6. The van der Waals surface area contributed by atoms with Crippen molar-refractivity contribution >= 4 is 24.2 Å². The molecule has 128 valence electrons. The highest BCUT2D eigenvalue weighted by atomic mass is 35.5. The Balaban J connectivity index is 0.00000264. The third kappa shape index (κ3) is 5.49.